The first kappa shape index (κ1) is 14.3. The zero-order valence-electron chi connectivity index (χ0n) is 11.9. The zero-order chi connectivity index (χ0) is 13.5. The summed E-state index contributed by atoms with van der Waals surface area (Å²) in [6.07, 6.45) is 4.02. The van der Waals surface area contributed by atoms with Crippen LogP contribution in [0.4, 0.5) is 0 Å². The minimum atomic E-state index is 0.287. The van der Waals surface area contributed by atoms with E-state index in [9.17, 15) is 0 Å². The molecule has 0 radical (unpaired) electrons. The number of nitrogens with one attached hydrogen (secondary N) is 1. The molecule has 0 saturated carbocycles. The standard InChI is InChI=1S/C15H24N2O2/c1-3-16-12(2)15-5-4-14(10-17-15)19-11-13-6-8-18-9-7-13/h4-5,10,12-13,16H,3,6-9,11H2,1-2H3. The van der Waals surface area contributed by atoms with E-state index in [4.69, 9.17) is 9.47 Å². The lowest BCUT2D eigenvalue weighted by atomic mass is 10.0. The van der Waals surface area contributed by atoms with Gasteiger partial charge in [-0.05, 0) is 44.4 Å². The quantitative estimate of drug-likeness (QED) is 0.857. The summed E-state index contributed by atoms with van der Waals surface area (Å²) >= 11 is 0. The molecule has 0 spiro atoms. The Morgan fingerprint density at radius 1 is 1.42 bits per heavy atom. The topological polar surface area (TPSA) is 43.4 Å². The van der Waals surface area contributed by atoms with Crippen molar-refractivity contribution < 1.29 is 9.47 Å². The van der Waals surface area contributed by atoms with Gasteiger partial charge in [-0.2, -0.15) is 0 Å². The maximum Gasteiger partial charge on any atom is 0.137 e. The Morgan fingerprint density at radius 3 is 2.84 bits per heavy atom. The Morgan fingerprint density at radius 2 is 2.21 bits per heavy atom. The van der Waals surface area contributed by atoms with E-state index >= 15 is 0 Å². The molecule has 1 aromatic heterocycles. The summed E-state index contributed by atoms with van der Waals surface area (Å²) in [4.78, 5) is 4.45. The third-order valence-corrected chi connectivity index (χ3v) is 3.54. The molecule has 1 saturated heterocycles. The fourth-order valence-corrected chi connectivity index (χ4v) is 2.27. The molecular formula is C15H24N2O2. The van der Waals surface area contributed by atoms with Gasteiger partial charge < -0.3 is 14.8 Å². The number of hydrogen-bond donors (Lipinski definition) is 1. The van der Waals surface area contributed by atoms with Crippen LogP contribution < -0.4 is 10.1 Å². The molecule has 1 unspecified atom stereocenters. The minimum Gasteiger partial charge on any atom is -0.492 e. The normalized spacial score (nSPS) is 18.2. The average molecular weight is 264 g/mol. The smallest absolute Gasteiger partial charge is 0.137 e. The fourth-order valence-electron chi connectivity index (χ4n) is 2.27. The summed E-state index contributed by atoms with van der Waals surface area (Å²) < 4.78 is 11.1. The maximum atomic E-state index is 5.80. The molecule has 1 N–H and O–H groups in total. The summed E-state index contributed by atoms with van der Waals surface area (Å²) in [5.74, 6) is 1.48. The summed E-state index contributed by atoms with van der Waals surface area (Å²) in [6.45, 7) is 7.67. The van der Waals surface area contributed by atoms with Crippen LogP contribution in [0.15, 0.2) is 18.3 Å². The van der Waals surface area contributed by atoms with Crippen molar-refractivity contribution in [2.24, 2.45) is 5.92 Å². The van der Waals surface area contributed by atoms with Gasteiger partial charge in [-0.3, -0.25) is 4.98 Å². The van der Waals surface area contributed by atoms with Gasteiger partial charge in [0.15, 0.2) is 0 Å². The highest BCUT2D eigenvalue weighted by atomic mass is 16.5. The van der Waals surface area contributed by atoms with Crippen molar-refractivity contribution in [3.05, 3.63) is 24.0 Å². The molecule has 4 nitrogen and oxygen atoms in total. The number of nitrogens with zero attached hydrogens (tertiary/aromatic N) is 1. The number of hydrogen-bond acceptors (Lipinski definition) is 4. The summed E-state index contributed by atoms with van der Waals surface area (Å²) in [7, 11) is 0. The van der Waals surface area contributed by atoms with E-state index in [0.717, 1.165) is 50.7 Å². The lowest BCUT2D eigenvalue weighted by Gasteiger charge is -2.22. The molecule has 0 bridgehead atoms. The van der Waals surface area contributed by atoms with Crippen LogP contribution in [0.2, 0.25) is 0 Å². The number of pyridine rings is 1. The van der Waals surface area contributed by atoms with Gasteiger partial charge in [0.25, 0.3) is 0 Å². The second-order valence-corrected chi connectivity index (χ2v) is 5.06. The summed E-state index contributed by atoms with van der Waals surface area (Å²) in [5, 5.41) is 3.35. The molecule has 1 aliphatic rings. The van der Waals surface area contributed by atoms with E-state index in [2.05, 4.69) is 24.1 Å². The zero-order valence-corrected chi connectivity index (χ0v) is 11.9. The first-order valence-electron chi connectivity index (χ1n) is 7.19. The number of aromatic nitrogens is 1. The largest absolute Gasteiger partial charge is 0.492 e. The summed E-state index contributed by atoms with van der Waals surface area (Å²) in [6, 6.07) is 4.33. The van der Waals surface area contributed by atoms with E-state index in [1.165, 1.54) is 0 Å². The van der Waals surface area contributed by atoms with E-state index in [1.807, 2.05) is 18.3 Å². The van der Waals surface area contributed by atoms with Gasteiger partial charge in [0.1, 0.15) is 5.75 Å². The van der Waals surface area contributed by atoms with E-state index < -0.39 is 0 Å². The van der Waals surface area contributed by atoms with Gasteiger partial charge >= 0.3 is 0 Å². The maximum absolute atomic E-state index is 5.80. The van der Waals surface area contributed by atoms with Crippen molar-refractivity contribution in [3.63, 3.8) is 0 Å². The number of ether oxygens (including phenoxy) is 2. The monoisotopic (exact) mass is 264 g/mol. The third-order valence-electron chi connectivity index (χ3n) is 3.54. The van der Waals surface area contributed by atoms with Gasteiger partial charge in [-0.1, -0.05) is 6.92 Å². The van der Waals surface area contributed by atoms with Crippen LogP contribution in [-0.2, 0) is 4.74 Å². The Bertz CT molecular complexity index is 361. The Balaban J connectivity index is 1.81. The van der Waals surface area contributed by atoms with E-state index in [-0.39, 0.29) is 6.04 Å². The molecule has 0 amide bonds. The first-order valence-corrected chi connectivity index (χ1v) is 7.19. The number of rotatable bonds is 6. The lowest BCUT2D eigenvalue weighted by molar-refractivity contribution is 0.0497. The molecule has 1 aliphatic heterocycles. The predicted octanol–water partition coefficient (Wildman–Crippen LogP) is 2.56. The lowest BCUT2D eigenvalue weighted by Crippen LogP contribution is -2.21. The van der Waals surface area contributed by atoms with Crippen LogP contribution >= 0.6 is 0 Å². The molecule has 1 fully saturated rings. The SMILES string of the molecule is CCNC(C)c1ccc(OCC2CCOCC2)cn1. The van der Waals surface area contributed by atoms with Crippen LogP contribution in [0.1, 0.15) is 38.4 Å². The second kappa shape index (κ2) is 7.46. The van der Waals surface area contributed by atoms with Gasteiger partial charge in [0.05, 0.1) is 18.5 Å². The first-order chi connectivity index (χ1) is 9.29. The predicted molar refractivity (Wildman–Crippen MR) is 75.4 cm³/mol. The molecule has 1 atom stereocenters. The van der Waals surface area contributed by atoms with Crippen LogP contribution in [0, 0.1) is 5.92 Å². The van der Waals surface area contributed by atoms with Crippen molar-refractivity contribution in [1.82, 2.24) is 10.3 Å². The average Bonchev–Trinajstić information content (AvgIpc) is 2.47. The van der Waals surface area contributed by atoms with Crippen LogP contribution in [0.3, 0.4) is 0 Å². The Labute approximate surface area is 115 Å². The third kappa shape index (κ3) is 4.48. The van der Waals surface area contributed by atoms with Gasteiger partial charge in [-0.15, -0.1) is 0 Å². The molecule has 19 heavy (non-hydrogen) atoms. The van der Waals surface area contributed by atoms with Crippen molar-refractivity contribution in [2.75, 3.05) is 26.4 Å². The molecular weight excluding hydrogens is 240 g/mol. The fraction of sp³-hybridized carbons (Fsp3) is 0.667. The van der Waals surface area contributed by atoms with Crippen molar-refractivity contribution in [3.8, 4) is 5.75 Å². The van der Waals surface area contributed by atoms with Crippen LogP contribution in [0.5, 0.6) is 5.75 Å². The Kier molecular flexibility index (Phi) is 5.61. The van der Waals surface area contributed by atoms with Gasteiger partial charge in [0, 0.05) is 19.3 Å². The highest BCUT2D eigenvalue weighted by Crippen LogP contribution is 2.18. The molecule has 2 heterocycles. The van der Waals surface area contributed by atoms with E-state index in [1.54, 1.807) is 0 Å². The molecule has 0 aromatic carbocycles. The van der Waals surface area contributed by atoms with Gasteiger partial charge in [-0.25, -0.2) is 0 Å². The second-order valence-electron chi connectivity index (χ2n) is 5.06. The van der Waals surface area contributed by atoms with Crippen molar-refractivity contribution >= 4 is 0 Å². The van der Waals surface area contributed by atoms with Crippen molar-refractivity contribution in [1.29, 1.82) is 0 Å². The molecule has 1 aromatic rings. The van der Waals surface area contributed by atoms with Crippen molar-refractivity contribution in [2.45, 2.75) is 32.7 Å². The molecule has 106 valence electrons. The molecule has 2 rings (SSSR count). The highest BCUT2D eigenvalue weighted by Gasteiger charge is 2.14. The molecule has 4 heteroatoms. The minimum absolute atomic E-state index is 0.287. The van der Waals surface area contributed by atoms with Gasteiger partial charge in [0.2, 0.25) is 0 Å². The Hall–Kier alpha value is -1.13. The molecule has 0 aliphatic carbocycles. The summed E-state index contributed by atoms with van der Waals surface area (Å²) in [5.41, 5.74) is 1.06. The van der Waals surface area contributed by atoms with E-state index in [0.29, 0.717) is 5.92 Å². The van der Waals surface area contributed by atoms with Crippen LogP contribution in [-0.4, -0.2) is 31.3 Å². The highest BCUT2D eigenvalue weighted by molar-refractivity contribution is 5.21. The van der Waals surface area contributed by atoms with Crippen LogP contribution in [0.25, 0.3) is 0 Å².